The molecule has 94 valence electrons. The summed E-state index contributed by atoms with van der Waals surface area (Å²) in [7, 11) is 0. The lowest BCUT2D eigenvalue weighted by molar-refractivity contribution is -0.137. The summed E-state index contributed by atoms with van der Waals surface area (Å²) in [5, 5.41) is 19.1. The van der Waals surface area contributed by atoms with Gasteiger partial charge in [-0.15, -0.1) is 0 Å². The van der Waals surface area contributed by atoms with Crippen molar-refractivity contribution in [3.05, 3.63) is 27.8 Å². The Labute approximate surface area is 105 Å². The van der Waals surface area contributed by atoms with Gasteiger partial charge in [-0.2, -0.15) is 0 Å². The Morgan fingerprint density at radius 1 is 1.53 bits per heavy atom. The lowest BCUT2D eigenvalue weighted by atomic mass is 9.95. The second kappa shape index (κ2) is 5.38. The van der Waals surface area contributed by atoms with Crippen LogP contribution in [0.2, 0.25) is 5.02 Å². The molecule has 0 amide bonds. The van der Waals surface area contributed by atoms with Crippen molar-refractivity contribution < 1.29 is 15.0 Å². The highest BCUT2D eigenvalue weighted by atomic mass is 35.5. The zero-order chi connectivity index (χ0) is 13.2. The highest BCUT2D eigenvalue weighted by molar-refractivity contribution is 6.31. The van der Waals surface area contributed by atoms with Crippen molar-refractivity contribution in [3.63, 3.8) is 0 Å². The number of aryl methyl sites for hydroxylation is 1. The van der Waals surface area contributed by atoms with E-state index in [-0.39, 0.29) is 18.6 Å². The molecule has 0 aromatic heterocycles. The van der Waals surface area contributed by atoms with E-state index in [0.717, 1.165) is 5.56 Å². The first-order chi connectivity index (χ1) is 7.84. The first-order valence-corrected chi connectivity index (χ1v) is 5.68. The van der Waals surface area contributed by atoms with Crippen LogP contribution in [0.25, 0.3) is 0 Å². The fourth-order valence-electron chi connectivity index (χ4n) is 1.77. The zero-order valence-electron chi connectivity index (χ0n) is 9.83. The standard InChI is InChI=1S/C12H16ClNO3/c1-6-5-8(13)7(2)12(17)11(6)9(14)3-4-10(15)16/h5,9,17H,3-4,14H2,1-2H3,(H,15,16). The van der Waals surface area contributed by atoms with Gasteiger partial charge in [-0.1, -0.05) is 11.6 Å². The number of carboxylic acids is 1. The third-order valence-electron chi connectivity index (χ3n) is 2.78. The van der Waals surface area contributed by atoms with Crippen LogP contribution >= 0.6 is 11.6 Å². The number of carboxylic acid groups (broad SMARTS) is 1. The lowest BCUT2D eigenvalue weighted by Gasteiger charge is -2.18. The molecule has 0 aliphatic rings. The smallest absolute Gasteiger partial charge is 0.303 e. The molecule has 0 saturated carbocycles. The van der Waals surface area contributed by atoms with Crippen LogP contribution in [0.5, 0.6) is 5.75 Å². The fraction of sp³-hybridized carbons (Fsp3) is 0.417. The van der Waals surface area contributed by atoms with Crippen molar-refractivity contribution in [2.24, 2.45) is 5.73 Å². The van der Waals surface area contributed by atoms with E-state index in [9.17, 15) is 9.90 Å². The number of aliphatic carboxylic acids is 1. The minimum atomic E-state index is -0.900. The molecule has 0 saturated heterocycles. The molecule has 0 bridgehead atoms. The SMILES string of the molecule is Cc1cc(Cl)c(C)c(O)c1C(N)CCC(=O)O. The van der Waals surface area contributed by atoms with E-state index in [0.29, 0.717) is 16.1 Å². The summed E-state index contributed by atoms with van der Waals surface area (Å²) in [5.41, 5.74) is 7.82. The summed E-state index contributed by atoms with van der Waals surface area (Å²) in [6.45, 7) is 3.49. The van der Waals surface area contributed by atoms with Gasteiger partial charge in [-0.05, 0) is 31.9 Å². The molecule has 0 radical (unpaired) electrons. The fourth-order valence-corrected chi connectivity index (χ4v) is 2.02. The van der Waals surface area contributed by atoms with Crippen LogP contribution < -0.4 is 5.73 Å². The largest absolute Gasteiger partial charge is 0.507 e. The number of rotatable bonds is 4. The van der Waals surface area contributed by atoms with Crippen molar-refractivity contribution >= 4 is 17.6 Å². The van der Waals surface area contributed by atoms with Crippen molar-refractivity contribution in [3.8, 4) is 5.75 Å². The van der Waals surface area contributed by atoms with Crippen molar-refractivity contribution in [2.75, 3.05) is 0 Å². The third kappa shape index (κ3) is 3.11. The average molecular weight is 258 g/mol. The van der Waals surface area contributed by atoms with E-state index in [1.807, 2.05) is 0 Å². The van der Waals surface area contributed by atoms with Crippen LogP contribution in [0.15, 0.2) is 6.07 Å². The number of nitrogens with two attached hydrogens (primary N) is 1. The van der Waals surface area contributed by atoms with E-state index in [1.54, 1.807) is 19.9 Å². The van der Waals surface area contributed by atoms with Crippen LogP contribution in [-0.2, 0) is 4.79 Å². The minimum Gasteiger partial charge on any atom is -0.507 e. The zero-order valence-corrected chi connectivity index (χ0v) is 10.6. The molecule has 1 unspecified atom stereocenters. The molecule has 0 aliphatic carbocycles. The maximum absolute atomic E-state index is 10.5. The number of carbonyl (C=O) groups is 1. The number of halogens is 1. The molecule has 5 heteroatoms. The van der Waals surface area contributed by atoms with E-state index < -0.39 is 12.0 Å². The van der Waals surface area contributed by atoms with Crippen molar-refractivity contribution in [2.45, 2.75) is 32.7 Å². The summed E-state index contributed by atoms with van der Waals surface area (Å²) >= 11 is 5.93. The molecular weight excluding hydrogens is 242 g/mol. The summed E-state index contributed by atoms with van der Waals surface area (Å²) in [4.78, 5) is 10.5. The summed E-state index contributed by atoms with van der Waals surface area (Å²) in [6, 6.07) is 1.23. The van der Waals surface area contributed by atoms with Crippen LogP contribution in [0.1, 0.15) is 35.6 Å². The van der Waals surface area contributed by atoms with E-state index >= 15 is 0 Å². The van der Waals surface area contributed by atoms with Gasteiger partial charge in [0.05, 0.1) is 0 Å². The molecule has 0 fully saturated rings. The molecule has 1 aromatic rings. The van der Waals surface area contributed by atoms with E-state index in [2.05, 4.69) is 0 Å². The van der Waals surface area contributed by atoms with E-state index in [1.165, 1.54) is 0 Å². The minimum absolute atomic E-state index is 0.0261. The molecule has 0 heterocycles. The maximum Gasteiger partial charge on any atom is 0.303 e. The van der Waals surface area contributed by atoms with Crippen molar-refractivity contribution in [1.29, 1.82) is 0 Å². The Kier molecular flexibility index (Phi) is 4.37. The van der Waals surface area contributed by atoms with Gasteiger partial charge in [0, 0.05) is 28.6 Å². The van der Waals surface area contributed by atoms with Gasteiger partial charge < -0.3 is 15.9 Å². The Morgan fingerprint density at radius 3 is 2.65 bits per heavy atom. The van der Waals surface area contributed by atoms with Gasteiger partial charge in [0.25, 0.3) is 0 Å². The normalized spacial score (nSPS) is 12.5. The molecule has 0 aliphatic heterocycles. The van der Waals surface area contributed by atoms with Gasteiger partial charge in [-0.3, -0.25) is 4.79 Å². The molecule has 17 heavy (non-hydrogen) atoms. The van der Waals surface area contributed by atoms with Crippen molar-refractivity contribution in [1.82, 2.24) is 0 Å². The molecule has 1 aromatic carbocycles. The number of aromatic hydroxyl groups is 1. The monoisotopic (exact) mass is 257 g/mol. The second-order valence-electron chi connectivity index (χ2n) is 4.10. The van der Waals surface area contributed by atoms with Crippen LogP contribution in [0, 0.1) is 13.8 Å². The number of hydrogen-bond acceptors (Lipinski definition) is 3. The highest BCUT2D eigenvalue weighted by Gasteiger charge is 2.18. The number of phenols is 1. The first kappa shape index (κ1) is 13.8. The van der Waals surface area contributed by atoms with Gasteiger partial charge in [0.15, 0.2) is 0 Å². The van der Waals surface area contributed by atoms with Crippen LogP contribution in [-0.4, -0.2) is 16.2 Å². The molecule has 4 N–H and O–H groups in total. The first-order valence-electron chi connectivity index (χ1n) is 5.30. The topological polar surface area (TPSA) is 83.5 Å². The highest BCUT2D eigenvalue weighted by Crippen LogP contribution is 2.35. The molecule has 1 atom stereocenters. The summed E-state index contributed by atoms with van der Waals surface area (Å²) in [6.07, 6.45) is 0.256. The molecule has 0 spiro atoms. The Hall–Kier alpha value is -1.26. The predicted molar refractivity (Wildman–Crippen MR) is 66.4 cm³/mol. The second-order valence-corrected chi connectivity index (χ2v) is 4.51. The molecule has 1 rings (SSSR count). The van der Waals surface area contributed by atoms with E-state index in [4.69, 9.17) is 22.4 Å². The number of phenolic OH excluding ortho intramolecular Hbond substituents is 1. The van der Waals surface area contributed by atoms with Gasteiger partial charge in [-0.25, -0.2) is 0 Å². The maximum atomic E-state index is 10.5. The Balaban J connectivity index is 3.05. The lowest BCUT2D eigenvalue weighted by Crippen LogP contribution is -2.14. The summed E-state index contributed by atoms with van der Waals surface area (Å²) < 4.78 is 0. The predicted octanol–water partition coefficient (Wildman–Crippen LogP) is 2.53. The molecular formula is C12H16ClNO3. The number of hydrogen-bond donors (Lipinski definition) is 3. The third-order valence-corrected chi connectivity index (χ3v) is 3.17. The van der Waals surface area contributed by atoms with Gasteiger partial charge in [0.1, 0.15) is 5.75 Å². The Morgan fingerprint density at radius 2 is 2.12 bits per heavy atom. The number of benzene rings is 1. The molecule has 4 nitrogen and oxygen atoms in total. The summed E-state index contributed by atoms with van der Waals surface area (Å²) in [5.74, 6) is -0.837. The van der Waals surface area contributed by atoms with Crippen LogP contribution in [0.4, 0.5) is 0 Å². The quantitative estimate of drug-likeness (QED) is 0.774. The van der Waals surface area contributed by atoms with Gasteiger partial charge in [0.2, 0.25) is 0 Å². The van der Waals surface area contributed by atoms with Gasteiger partial charge >= 0.3 is 5.97 Å². The average Bonchev–Trinajstić information content (AvgIpc) is 2.23. The Bertz CT molecular complexity index is 446. The van der Waals surface area contributed by atoms with Crippen LogP contribution in [0.3, 0.4) is 0 Å².